The summed E-state index contributed by atoms with van der Waals surface area (Å²) in [4.78, 5) is 16.4. The Morgan fingerprint density at radius 2 is 2.05 bits per heavy atom. The average molecular weight is 311 g/mol. The molecule has 0 radical (unpaired) electrons. The van der Waals surface area contributed by atoms with Crippen LogP contribution in [0.25, 0.3) is 0 Å². The molecule has 1 saturated heterocycles. The van der Waals surface area contributed by atoms with Crippen molar-refractivity contribution in [2.45, 2.75) is 25.9 Å². The average Bonchev–Trinajstić information content (AvgIpc) is 2.47. The lowest BCUT2D eigenvalue weighted by Crippen LogP contribution is -2.50. The first kappa shape index (κ1) is 16.3. The van der Waals surface area contributed by atoms with E-state index in [9.17, 15) is 9.90 Å². The van der Waals surface area contributed by atoms with Gasteiger partial charge in [-0.05, 0) is 24.1 Å². The SMILES string of the molecule is CC[C@@H](O)CN1CCN(C(=O)Cc2cccc(Cl)c2)CC1. The molecule has 1 aliphatic rings. The van der Waals surface area contributed by atoms with E-state index in [1.165, 1.54) is 0 Å². The number of aliphatic hydroxyl groups is 1. The Morgan fingerprint density at radius 3 is 2.67 bits per heavy atom. The van der Waals surface area contributed by atoms with E-state index in [0.717, 1.165) is 38.2 Å². The van der Waals surface area contributed by atoms with Crippen molar-refractivity contribution in [2.75, 3.05) is 32.7 Å². The number of benzene rings is 1. The largest absolute Gasteiger partial charge is 0.392 e. The molecule has 0 unspecified atom stereocenters. The smallest absolute Gasteiger partial charge is 0.227 e. The molecule has 0 saturated carbocycles. The molecule has 1 aromatic carbocycles. The van der Waals surface area contributed by atoms with Crippen molar-refractivity contribution in [3.05, 3.63) is 34.9 Å². The molecular weight excluding hydrogens is 288 g/mol. The van der Waals surface area contributed by atoms with Gasteiger partial charge in [0.15, 0.2) is 0 Å². The van der Waals surface area contributed by atoms with E-state index in [1.807, 2.05) is 36.1 Å². The van der Waals surface area contributed by atoms with Gasteiger partial charge in [-0.3, -0.25) is 9.69 Å². The summed E-state index contributed by atoms with van der Waals surface area (Å²) in [5, 5.41) is 10.3. The fourth-order valence-corrected chi connectivity index (χ4v) is 2.75. The van der Waals surface area contributed by atoms with E-state index in [2.05, 4.69) is 4.90 Å². The second-order valence-corrected chi connectivity index (χ2v) is 5.99. The predicted octanol–water partition coefficient (Wildman–Crippen LogP) is 1.80. The monoisotopic (exact) mass is 310 g/mol. The zero-order valence-corrected chi connectivity index (χ0v) is 13.2. The van der Waals surface area contributed by atoms with Crippen molar-refractivity contribution < 1.29 is 9.90 Å². The van der Waals surface area contributed by atoms with Crippen LogP contribution < -0.4 is 0 Å². The van der Waals surface area contributed by atoms with Crippen molar-refractivity contribution >= 4 is 17.5 Å². The predicted molar refractivity (Wildman–Crippen MR) is 84.5 cm³/mol. The number of carbonyl (C=O) groups excluding carboxylic acids is 1. The van der Waals surface area contributed by atoms with Gasteiger partial charge in [-0.25, -0.2) is 0 Å². The summed E-state index contributed by atoms with van der Waals surface area (Å²) in [5.74, 6) is 0.146. The Kier molecular flexibility index (Phi) is 6.03. The maximum absolute atomic E-state index is 12.3. The lowest BCUT2D eigenvalue weighted by atomic mass is 10.1. The van der Waals surface area contributed by atoms with Crippen molar-refractivity contribution in [2.24, 2.45) is 0 Å². The number of nitrogens with zero attached hydrogens (tertiary/aromatic N) is 2. The molecule has 1 aliphatic heterocycles. The van der Waals surface area contributed by atoms with E-state index >= 15 is 0 Å². The summed E-state index contributed by atoms with van der Waals surface area (Å²) in [5.41, 5.74) is 0.955. The molecule has 1 N–H and O–H groups in total. The minimum absolute atomic E-state index is 0.146. The lowest BCUT2D eigenvalue weighted by Gasteiger charge is -2.35. The van der Waals surface area contributed by atoms with E-state index in [-0.39, 0.29) is 12.0 Å². The van der Waals surface area contributed by atoms with Gasteiger partial charge in [0.05, 0.1) is 12.5 Å². The quantitative estimate of drug-likeness (QED) is 0.902. The first-order valence-electron chi connectivity index (χ1n) is 7.51. The van der Waals surface area contributed by atoms with Crippen LogP contribution in [-0.4, -0.2) is 59.6 Å². The Bertz CT molecular complexity index is 473. The number of rotatable bonds is 5. The van der Waals surface area contributed by atoms with Gasteiger partial charge in [-0.1, -0.05) is 30.7 Å². The van der Waals surface area contributed by atoms with Gasteiger partial charge in [0.2, 0.25) is 5.91 Å². The molecule has 1 amide bonds. The van der Waals surface area contributed by atoms with Crippen molar-refractivity contribution in [3.63, 3.8) is 0 Å². The third-order valence-electron chi connectivity index (χ3n) is 3.91. The Balaban J connectivity index is 1.80. The van der Waals surface area contributed by atoms with Crippen LogP contribution in [0.3, 0.4) is 0 Å². The molecule has 5 heteroatoms. The van der Waals surface area contributed by atoms with Crippen LogP contribution in [-0.2, 0) is 11.2 Å². The number of β-amino-alcohol motifs (C(OH)–C–C–N with tert-alkyl or cyclic N) is 1. The summed E-state index contributed by atoms with van der Waals surface area (Å²) >= 11 is 5.94. The molecule has 4 nitrogen and oxygen atoms in total. The van der Waals surface area contributed by atoms with Gasteiger partial charge < -0.3 is 10.0 Å². The van der Waals surface area contributed by atoms with Gasteiger partial charge in [-0.15, -0.1) is 0 Å². The van der Waals surface area contributed by atoms with Crippen LogP contribution in [0, 0.1) is 0 Å². The van der Waals surface area contributed by atoms with E-state index in [1.54, 1.807) is 0 Å². The molecule has 0 spiro atoms. The minimum atomic E-state index is -0.265. The molecule has 2 rings (SSSR count). The maximum atomic E-state index is 12.3. The topological polar surface area (TPSA) is 43.8 Å². The fraction of sp³-hybridized carbons (Fsp3) is 0.562. The lowest BCUT2D eigenvalue weighted by molar-refractivity contribution is -0.132. The van der Waals surface area contributed by atoms with Crippen LogP contribution in [0.5, 0.6) is 0 Å². The summed E-state index contributed by atoms with van der Waals surface area (Å²) in [6.45, 7) is 5.81. The van der Waals surface area contributed by atoms with Crippen molar-refractivity contribution in [1.29, 1.82) is 0 Å². The minimum Gasteiger partial charge on any atom is -0.392 e. The molecule has 0 aliphatic carbocycles. The highest BCUT2D eigenvalue weighted by Crippen LogP contribution is 2.13. The molecule has 0 aromatic heterocycles. The number of aliphatic hydroxyl groups excluding tert-OH is 1. The number of hydrogen-bond acceptors (Lipinski definition) is 3. The van der Waals surface area contributed by atoms with Gasteiger partial charge in [0, 0.05) is 37.7 Å². The molecule has 21 heavy (non-hydrogen) atoms. The first-order valence-corrected chi connectivity index (χ1v) is 7.89. The highest BCUT2D eigenvalue weighted by Gasteiger charge is 2.22. The Labute approximate surface area is 131 Å². The van der Waals surface area contributed by atoms with Gasteiger partial charge in [0.25, 0.3) is 0 Å². The number of carbonyl (C=O) groups is 1. The van der Waals surface area contributed by atoms with E-state index in [0.29, 0.717) is 18.0 Å². The molecular formula is C16H23ClN2O2. The molecule has 1 heterocycles. The summed E-state index contributed by atoms with van der Waals surface area (Å²) in [6, 6.07) is 7.45. The van der Waals surface area contributed by atoms with Crippen LogP contribution in [0.15, 0.2) is 24.3 Å². The number of amides is 1. The molecule has 116 valence electrons. The zero-order chi connectivity index (χ0) is 15.2. The molecule has 1 fully saturated rings. The van der Waals surface area contributed by atoms with Crippen LogP contribution in [0.1, 0.15) is 18.9 Å². The maximum Gasteiger partial charge on any atom is 0.227 e. The highest BCUT2D eigenvalue weighted by atomic mass is 35.5. The summed E-state index contributed by atoms with van der Waals surface area (Å²) < 4.78 is 0. The molecule has 1 aromatic rings. The van der Waals surface area contributed by atoms with E-state index in [4.69, 9.17) is 11.6 Å². The van der Waals surface area contributed by atoms with Crippen LogP contribution in [0.4, 0.5) is 0 Å². The summed E-state index contributed by atoms with van der Waals surface area (Å²) in [7, 11) is 0. The third kappa shape index (κ3) is 4.99. The molecule has 1 atom stereocenters. The van der Waals surface area contributed by atoms with Gasteiger partial charge in [0.1, 0.15) is 0 Å². The standard InChI is InChI=1S/C16H23ClN2O2/c1-2-15(20)12-18-6-8-19(9-7-18)16(21)11-13-4-3-5-14(17)10-13/h3-5,10,15,20H,2,6-9,11-12H2,1H3/t15-/m1/s1. The number of piperazine rings is 1. The fourth-order valence-electron chi connectivity index (χ4n) is 2.54. The second kappa shape index (κ2) is 7.78. The van der Waals surface area contributed by atoms with Crippen LogP contribution in [0.2, 0.25) is 5.02 Å². The first-order chi connectivity index (χ1) is 10.1. The molecule has 0 bridgehead atoms. The highest BCUT2D eigenvalue weighted by molar-refractivity contribution is 6.30. The third-order valence-corrected chi connectivity index (χ3v) is 4.14. The van der Waals surface area contributed by atoms with Crippen molar-refractivity contribution in [1.82, 2.24) is 9.80 Å². The Hall–Kier alpha value is -1.10. The van der Waals surface area contributed by atoms with Gasteiger partial charge in [-0.2, -0.15) is 0 Å². The van der Waals surface area contributed by atoms with E-state index < -0.39 is 0 Å². The summed E-state index contributed by atoms with van der Waals surface area (Å²) in [6.07, 6.45) is 0.908. The number of hydrogen-bond donors (Lipinski definition) is 1. The second-order valence-electron chi connectivity index (χ2n) is 5.55. The van der Waals surface area contributed by atoms with Crippen LogP contribution >= 0.6 is 11.6 Å². The van der Waals surface area contributed by atoms with Crippen molar-refractivity contribution in [3.8, 4) is 0 Å². The zero-order valence-electron chi connectivity index (χ0n) is 12.5. The normalized spacial score (nSPS) is 17.8. The van der Waals surface area contributed by atoms with Gasteiger partial charge >= 0.3 is 0 Å². The Morgan fingerprint density at radius 1 is 1.33 bits per heavy atom. The number of halogens is 1.